The Hall–Kier alpha value is -2.41. The van der Waals surface area contributed by atoms with Crippen LogP contribution in [0.5, 0.6) is 0 Å². The summed E-state index contributed by atoms with van der Waals surface area (Å²) in [6.07, 6.45) is 3.84. The van der Waals surface area contributed by atoms with Crippen LogP contribution in [0.3, 0.4) is 0 Å². The van der Waals surface area contributed by atoms with E-state index in [-0.39, 0.29) is 6.54 Å². The van der Waals surface area contributed by atoms with Crippen LogP contribution in [0, 0.1) is 0 Å². The van der Waals surface area contributed by atoms with Gasteiger partial charge in [0, 0.05) is 23.5 Å². The van der Waals surface area contributed by atoms with Gasteiger partial charge >= 0.3 is 0 Å². The second-order valence-corrected chi connectivity index (χ2v) is 9.28. The first-order valence-electron chi connectivity index (χ1n) is 8.65. The molecule has 0 aliphatic heterocycles. The van der Waals surface area contributed by atoms with E-state index in [0.717, 1.165) is 16.3 Å². The molecule has 0 amide bonds. The first-order chi connectivity index (χ1) is 13.1. The molecule has 0 saturated carbocycles. The summed E-state index contributed by atoms with van der Waals surface area (Å²) in [6.45, 7) is 0.706. The average Bonchev–Trinajstić information content (AvgIpc) is 3.38. The highest BCUT2D eigenvalue weighted by Crippen LogP contribution is 2.24. The summed E-state index contributed by atoms with van der Waals surface area (Å²) in [5.74, 6) is 0. The predicted molar refractivity (Wildman–Crippen MR) is 108 cm³/mol. The standard InChI is InChI=1S/C21H19NO3S2/c23-27(24,21-8-7-18-4-1-2-5-19(18)14-21)22(15-17-10-12-25-16-17)11-9-20-6-3-13-26-20/h1-8,10,12-14,16H,9,11,15H2. The third-order valence-electron chi connectivity index (χ3n) is 4.49. The van der Waals surface area contributed by atoms with E-state index >= 15 is 0 Å². The second kappa shape index (κ2) is 7.68. The lowest BCUT2D eigenvalue weighted by Gasteiger charge is -2.22. The van der Waals surface area contributed by atoms with Crippen LogP contribution >= 0.6 is 11.3 Å². The van der Waals surface area contributed by atoms with Crippen molar-refractivity contribution < 1.29 is 12.8 Å². The van der Waals surface area contributed by atoms with Gasteiger partial charge in [0.1, 0.15) is 0 Å². The molecule has 2 aromatic heterocycles. The number of furan rings is 1. The molecule has 0 aliphatic carbocycles. The van der Waals surface area contributed by atoms with Gasteiger partial charge in [-0.2, -0.15) is 4.31 Å². The van der Waals surface area contributed by atoms with E-state index in [9.17, 15) is 8.42 Å². The topological polar surface area (TPSA) is 50.5 Å². The van der Waals surface area contributed by atoms with Gasteiger partial charge in [-0.25, -0.2) is 8.42 Å². The van der Waals surface area contributed by atoms with Gasteiger partial charge in [-0.15, -0.1) is 11.3 Å². The first kappa shape index (κ1) is 18.0. The highest BCUT2D eigenvalue weighted by Gasteiger charge is 2.25. The molecule has 0 saturated heterocycles. The van der Waals surface area contributed by atoms with Crippen molar-refractivity contribution in [3.05, 3.63) is 89.0 Å². The van der Waals surface area contributed by atoms with Gasteiger partial charge in [0.05, 0.1) is 17.4 Å². The van der Waals surface area contributed by atoms with Gasteiger partial charge in [0.2, 0.25) is 10.0 Å². The molecule has 2 heterocycles. The number of hydrogen-bond donors (Lipinski definition) is 0. The van der Waals surface area contributed by atoms with Crippen molar-refractivity contribution >= 4 is 32.1 Å². The number of benzene rings is 2. The van der Waals surface area contributed by atoms with E-state index in [0.29, 0.717) is 17.9 Å². The number of sulfonamides is 1. The van der Waals surface area contributed by atoms with E-state index in [1.165, 1.54) is 9.18 Å². The maximum atomic E-state index is 13.4. The number of rotatable bonds is 7. The molecule has 0 N–H and O–H groups in total. The van der Waals surface area contributed by atoms with Crippen molar-refractivity contribution in [2.24, 2.45) is 0 Å². The van der Waals surface area contributed by atoms with Crippen LogP contribution in [0.1, 0.15) is 10.4 Å². The summed E-state index contributed by atoms with van der Waals surface area (Å²) >= 11 is 1.64. The fourth-order valence-electron chi connectivity index (χ4n) is 3.04. The van der Waals surface area contributed by atoms with E-state index < -0.39 is 10.0 Å². The zero-order valence-corrected chi connectivity index (χ0v) is 16.2. The summed E-state index contributed by atoms with van der Waals surface area (Å²) < 4.78 is 33.4. The van der Waals surface area contributed by atoms with Crippen LogP contribution in [0.25, 0.3) is 10.8 Å². The molecule has 27 heavy (non-hydrogen) atoms. The van der Waals surface area contributed by atoms with Crippen LogP contribution in [-0.2, 0) is 23.0 Å². The molecule has 4 nitrogen and oxygen atoms in total. The van der Waals surface area contributed by atoms with Gasteiger partial charge in [-0.3, -0.25) is 0 Å². The zero-order chi connectivity index (χ0) is 18.7. The Bertz CT molecular complexity index is 1120. The van der Waals surface area contributed by atoms with Gasteiger partial charge in [0.25, 0.3) is 0 Å². The molecular weight excluding hydrogens is 378 g/mol. The van der Waals surface area contributed by atoms with Crippen molar-refractivity contribution in [2.75, 3.05) is 6.54 Å². The molecule has 0 radical (unpaired) electrons. The van der Waals surface area contributed by atoms with Crippen LogP contribution in [0.2, 0.25) is 0 Å². The van der Waals surface area contributed by atoms with Crippen LogP contribution < -0.4 is 0 Å². The fraction of sp³-hybridized carbons (Fsp3) is 0.143. The Morgan fingerprint density at radius 1 is 0.963 bits per heavy atom. The van der Waals surface area contributed by atoms with Crippen molar-refractivity contribution in [3.8, 4) is 0 Å². The first-order valence-corrected chi connectivity index (χ1v) is 11.0. The van der Waals surface area contributed by atoms with Gasteiger partial charge in [0.15, 0.2) is 0 Å². The summed E-state index contributed by atoms with van der Waals surface area (Å²) in [7, 11) is -3.63. The van der Waals surface area contributed by atoms with E-state index in [4.69, 9.17) is 4.42 Å². The zero-order valence-electron chi connectivity index (χ0n) is 14.6. The third kappa shape index (κ3) is 3.98. The van der Waals surface area contributed by atoms with Crippen LogP contribution in [-0.4, -0.2) is 19.3 Å². The minimum atomic E-state index is -3.63. The van der Waals surface area contributed by atoms with Crippen LogP contribution in [0.15, 0.2) is 87.9 Å². The van der Waals surface area contributed by atoms with Crippen molar-refractivity contribution in [1.82, 2.24) is 4.31 Å². The lowest BCUT2D eigenvalue weighted by atomic mass is 10.1. The molecule has 0 spiro atoms. The molecule has 2 aromatic carbocycles. The van der Waals surface area contributed by atoms with Gasteiger partial charge in [-0.05, 0) is 46.8 Å². The fourth-order valence-corrected chi connectivity index (χ4v) is 5.20. The smallest absolute Gasteiger partial charge is 0.243 e. The van der Waals surface area contributed by atoms with Crippen molar-refractivity contribution in [3.63, 3.8) is 0 Å². The SMILES string of the molecule is O=S(=O)(c1ccc2ccccc2c1)N(CCc1cccs1)Cc1ccoc1. The monoisotopic (exact) mass is 397 g/mol. The molecule has 4 rings (SSSR count). The molecular formula is C21H19NO3S2. The number of nitrogens with zero attached hydrogens (tertiary/aromatic N) is 1. The number of fused-ring (bicyclic) bond motifs is 1. The lowest BCUT2D eigenvalue weighted by Crippen LogP contribution is -2.32. The van der Waals surface area contributed by atoms with E-state index in [1.807, 2.05) is 47.8 Å². The molecule has 4 aromatic rings. The molecule has 0 aliphatic rings. The second-order valence-electron chi connectivity index (χ2n) is 6.31. The molecule has 0 bridgehead atoms. The van der Waals surface area contributed by atoms with E-state index in [2.05, 4.69) is 0 Å². The molecule has 0 unspecified atom stereocenters. The Morgan fingerprint density at radius 3 is 2.56 bits per heavy atom. The summed E-state index contributed by atoms with van der Waals surface area (Å²) in [6, 6.07) is 18.9. The quantitative estimate of drug-likeness (QED) is 0.444. The highest BCUT2D eigenvalue weighted by atomic mass is 32.2. The van der Waals surface area contributed by atoms with Crippen LogP contribution in [0.4, 0.5) is 0 Å². The third-order valence-corrected chi connectivity index (χ3v) is 7.26. The molecule has 0 atom stereocenters. The maximum absolute atomic E-state index is 13.4. The Morgan fingerprint density at radius 2 is 1.81 bits per heavy atom. The predicted octanol–water partition coefficient (Wildman–Crippen LogP) is 4.93. The highest BCUT2D eigenvalue weighted by molar-refractivity contribution is 7.89. The Labute approximate surface area is 162 Å². The average molecular weight is 398 g/mol. The number of thiophene rings is 1. The number of hydrogen-bond acceptors (Lipinski definition) is 4. The van der Waals surface area contributed by atoms with E-state index in [1.54, 1.807) is 42.1 Å². The summed E-state index contributed by atoms with van der Waals surface area (Å²) in [5, 5.41) is 3.95. The lowest BCUT2D eigenvalue weighted by molar-refractivity contribution is 0.408. The van der Waals surface area contributed by atoms with Gasteiger partial charge in [-0.1, -0.05) is 36.4 Å². The van der Waals surface area contributed by atoms with Crippen molar-refractivity contribution in [2.45, 2.75) is 17.9 Å². The summed E-state index contributed by atoms with van der Waals surface area (Å²) in [4.78, 5) is 1.48. The maximum Gasteiger partial charge on any atom is 0.243 e. The normalized spacial score (nSPS) is 12.0. The molecule has 6 heteroatoms. The minimum Gasteiger partial charge on any atom is -0.472 e. The Balaban J connectivity index is 1.66. The Kier molecular flexibility index (Phi) is 5.11. The molecule has 0 fully saturated rings. The minimum absolute atomic E-state index is 0.289. The van der Waals surface area contributed by atoms with Crippen molar-refractivity contribution in [1.29, 1.82) is 0 Å². The molecule has 138 valence electrons. The summed E-state index contributed by atoms with van der Waals surface area (Å²) in [5.41, 5.74) is 0.838. The largest absolute Gasteiger partial charge is 0.472 e. The van der Waals surface area contributed by atoms with Gasteiger partial charge < -0.3 is 4.42 Å².